The molecule has 0 amide bonds. The van der Waals surface area contributed by atoms with E-state index in [0.29, 0.717) is 5.75 Å². The van der Waals surface area contributed by atoms with Crippen LogP contribution >= 0.6 is 0 Å². The number of nitrogens with one attached hydrogen (secondary N) is 1. The molecule has 2 aromatic rings. The van der Waals surface area contributed by atoms with Crippen molar-refractivity contribution in [3.63, 3.8) is 0 Å². The summed E-state index contributed by atoms with van der Waals surface area (Å²) in [6, 6.07) is 8.26. The first-order valence-electron chi connectivity index (χ1n) is 5.67. The van der Waals surface area contributed by atoms with Crippen LogP contribution in [0.1, 0.15) is 17.2 Å². The Balaban J connectivity index is 2.41. The van der Waals surface area contributed by atoms with Crippen molar-refractivity contribution in [3.8, 4) is 5.75 Å². The third kappa shape index (κ3) is 2.49. The third-order valence-electron chi connectivity index (χ3n) is 2.84. The molecule has 1 unspecified atom stereocenters. The number of nitrogens with zero attached hydrogens (tertiary/aromatic N) is 1. The summed E-state index contributed by atoms with van der Waals surface area (Å²) in [5.41, 5.74) is 1.95. The van der Waals surface area contributed by atoms with Gasteiger partial charge in [-0.2, -0.15) is 0 Å². The highest BCUT2D eigenvalue weighted by Crippen LogP contribution is 2.28. The molecule has 0 aliphatic carbocycles. The molecular weight excluding hydrogens is 231 g/mol. The van der Waals surface area contributed by atoms with E-state index in [1.807, 2.05) is 13.1 Å². The molecule has 0 aliphatic rings. The van der Waals surface area contributed by atoms with Gasteiger partial charge in [0.05, 0.1) is 19.3 Å². The predicted octanol–water partition coefficient (Wildman–Crippen LogP) is 2.54. The fourth-order valence-corrected chi connectivity index (χ4v) is 1.96. The van der Waals surface area contributed by atoms with Crippen LogP contribution in [0.5, 0.6) is 5.75 Å². The highest BCUT2D eigenvalue weighted by molar-refractivity contribution is 5.39. The molecule has 0 spiro atoms. The summed E-state index contributed by atoms with van der Waals surface area (Å²) in [6.45, 7) is 0. The summed E-state index contributed by atoms with van der Waals surface area (Å²) in [5, 5.41) is 3.20. The minimum atomic E-state index is -0.240. The van der Waals surface area contributed by atoms with Gasteiger partial charge in [0.25, 0.3) is 0 Å². The van der Waals surface area contributed by atoms with Gasteiger partial charge in [-0.1, -0.05) is 12.1 Å². The first kappa shape index (κ1) is 12.5. The molecule has 0 radical (unpaired) electrons. The summed E-state index contributed by atoms with van der Waals surface area (Å²) < 4.78 is 18.2. The summed E-state index contributed by atoms with van der Waals surface area (Å²) in [7, 11) is 3.46. The average Bonchev–Trinajstić information content (AvgIpc) is 2.42. The van der Waals surface area contributed by atoms with Crippen LogP contribution < -0.4 is 10.1 Å². The Bertz CT molecular complexity index is 513. The number of hydrogen-bond acceptors (Lipinski definition) is 3. The van der Waals surface area contributed by atoms with E-state index in [2.05, 4.69) is 10.3 Å². The molecule has 0 saturated carbocycles. The van der Waals surface area contributed by atoms with Crippen LogP contribution in [0.4, 0.5) is 4.39 Å². The molecule has 0 fully saturated rings. The molecule has 1 N–H and O–H groups in total. The summed E-state index contributed by atoms with van der Waals surface area (Å²) in [4.78, 5) is 4.03. The normalized spacial score (nSPS) is 12.2. The van der Waals surface area contributed by atoms with E-state index in [1.165, 1.54) is 12.1 Å². The SMILES string of the molecule is CNC(c1ccc(F)cc1)c1ccncc1OC. The van der Waals surface area contributed by atoms with Gasteiger partial charge in [-0.15, -0.1) is 0 Å². The lowest BCUT2D eigenvalue weighted by Crippen LogP contribution is -2.18. The number of benzene rings is 1. The van der Waals surface area contributed by atoms with Crippen molar-refractivity contribution >= 4 is 0 Å². The van der Waals surface area contributed by atoms with E-state index in [0.717, 1.165) is 11.1 Å². The molecule has 94 valence electrons. The second-order valence-corrected chi connectivity index (χ2v) is 3.89. The van der Waals surface area contributed by atoms with Gasteiger partial charge in [0, 0.05) is 11.8 Å². The number of hydrogen-bond donors (Lipinski definition) is 1. The second kappa shape index (κ2) is 5.60. The second-order valence-electron chi connectivity index (χ2n) is 3.89. The van der Waals surface area contributed by atoms with Crippen LogP contribution in [0.2, 0.25) is 0 Å². The molecule has 0 saturated heterocycles. The number of rotatable bonds is 4. The van der Waals surface area contributed by atoms with E-state index in [-0.39, 0.29) is 11.9 Å². The number of methoxy groups -OCH3 is 1. The van der Waals surface area contributed by atoms with Crippen molar-refractivity contribution in [1.29, 1.82) is 0 Å². The van der Waals surface area contributed by atoms with Crippen LogP contribution in [0.25, 0.3) is 0 Å². The maximum Gasteiger partial charge on any atom is 0.142 e. The zero-order valence-corrected chi connectivity index (χ0v) is 10.4. The van der Waals surface area contributed by atoms with Gasteiger partial charge in [-0.05, 0) is 30.8 Å². The Morgan fingerprint density at radius 3 is 2.56 bits per heavy atom. The van der Waals surface area contributed by atoms with E-state index >= 15 is 0 Å². The van der Waals surface area contributed by atoms with Crippen LogP contribution in [-0.2, 0) is 0 Å². The highest BCUT2D eigenvalue weighted by Gasteiger charge is 2.16. The van der Waals surface area contributed by atoms with E-state index in [9.17, 15) is 4.39 Å². The Hall–Kier alpha value is -1.94. The largest absolute Gasteiger partial charge is 0.495 e. The molecule has 0 aliphatic heterocycles. The van der Waals surface area contributed by atoms with E-state index < -0.39 is 0 Å². The monoisotopic (exact) mass is 246 g/mol. The standard InChI is InChI=1S/C14H15FN2O/c1-16-14(10-3-5-11(15)6-4-10)12-7-8-17-9-13(12)18-2/h3-9,14,16H,1-2H3. The number of halogens is 1. The third-order valence-corrected chi connectivity index (χ3v) is 2.84. The first-order chi connectivity index (χ1) is 8.76. The number of aromatic nitrogens is 1. The zero-order chi connectivity index (χ0) is 13.0. The van der Waals surface area contributed by atoms with E-state index in [4.69, 9.17) is 4.74 Å². The Kier molecular flexibility index (Phi) is 3.89. The van der Waals surface area contributed by atoms with Gasteiger partial charge < -0.3 is 10.1 Å². The quantitative estimate of drug-likeness (QED) is 0.900. The Morgan fingerprint density at radius 2 is 1.94 bits per heavy atom. The van der Waals surface area contributed by atoms with Gasteiger partial charge in [0.15, 0.2) is 0 Å². The maximum absolute atomic E-state index is 12.9. The van der Waals surface area contributed by atoms with Crippen molar-refractivity contribution < 1.29 is 9.13 Å². The summed E-state index contributed by atoms with van der Waals surface area (Å²) in [5.74, 6) is 0.469. The van der Waals surface area contributed by atoms with Gasteiger partial charge in [-0.3, -0.25) is 4.98 Å². The Labute approximate surface area is 106 Å². The average molecular weight is 246 g/mol. The van der Waals surface area contributed by atoms with Gasteiger partial charge in [0.2, 0.25) is 0 Å². The lowest BCUT2D eigenvalue weighted by atomic mass is 9.99. The molecule has 4 heteroatoms. The van der Waals surface area contributed by atoms with Crippen molar-refractivity contribution in [3.05, 3.63) is 59.7 Å². The van der Waals surface area contributed by atoms with E-state index in [1.54, 1.807) is 31.6 Å². The smallest absolute Gasteiger partial charge is 0.142 e. The molecule has 1 aromatic heterocycles. The minimum Gasteiger partial charge on any atom is -0.495 e. The minimum absolute atomic E-state index is 0.0523. The van der Waals surface area contributed by atoms with Crippen molar-refractivity contribution in [2.24, 2.45) is 0 Å². The molecule has 2 rings (SSSR count). The Morgan fingerprint density at radius 1 is 1.22 bits per heavy atom. The van der Waals surface area contributed by atoms with Gasteiger partial charge in [0.1, 0.15) is 11.6 Å². The van der Waals surface area contributed by atoms with Crippen molar-refractivity contribution in [2.45, 2.75) is 6.04 Å². The molecule has 1 aromatic carbocycles. The summed E-state index contributed by atoms with van der Waals surface area (Å²) in [6.07, 6.45) is 3.38. The lowest BCUT2D eigenvalue weighted by molar-refractivity contribution is 0.403. The first-order valence-corrected chi connectivity index (χ1v) is 5.67. The molecule has 18 heavy (non-hydrogen) atoms. The van der Waals surface area contributed by atoms with Crippen molar-refractivity contribution in [1.82, 2.24) is 10.3 Å². The van der Waals surface area contributed by atoms with Crippen molar-refractivity contribution in [2.75, 3.05) is 14.2 Å². The summed E-state index contributed by atoms with van der Waals surface area (Å²) >= 11 is 0. The molecule has 1 atom stereocenters. The molecule has 1 heterocycles. The molecular formula is C14H15FN2O. The van der Waals surface area contributed by atoms with Crippen LogP contribution in [-0.4, -0.2) is 19.1 Å². The number of ether oxygens (including phenoxy) is 1. The molecule has 0 bridgehead atoms. The molecule has 3 nitrogen and oxygen atoms in total. The predicted molar refractivity (Wildman–Crippen MR) is 68.1 cm³/mol. The topological polar surface area (TPSA) is 34.2 Å². The van der Waals surface area contributed by atoms with Crippen LogP contribution in [0, 0.1) is 5.82 Å². The lowest BCUT2D eigenvalue weighted by Gasteiger charge is -2.19. The highest BCUT2D eigenvalue weighted by atomic mass is 19.1. The number of pyridine rings is 1. The van der Waals surface area contributed by atoms with Crippen LogP contribution in [0.15, 0.2) is 42.7 Å². The zero-order valence-electron chi connectivity index (χ0n) is 10.4. The van der Waals surface area contributed by atoms with Gasteiger partial charge in [-0.25, -0.2) is 4.39 Å². The van der Waals surface area contributed by atoms with Crippen LogP contribution in [0.3, 0.4) is 0 Å². The maximum atomic E-state index is 12.9. The van der Waals surface area contributed by atoms with Gasteiger partial charge >= 0.3 is 0 Å². The fourth-order valence-electron chi connectivity index (χ4n) is 1.96. The fraction of sp³-hybridized carbons (Fsp3) is 0.214.